The number of fused-ring (bicyclic) bond motifs is 4. The number of nitrogens with zero attached hydrogens (tertiary/aromatic N) is 1. The van der Waals surface area contributed by atoms with Crippen LogP contribution in [0.4, 0.5) is 17.3 Å². The predicted molar refractivity (Wildman–Crippen MR) is 144 cm³/mol. The van der Waals surface area contributed by atoms with Gasteiger partial charge in [0.25, 0.3) is 0 Å². The van der Waals surface area contributed by atoms with Crippen LogP contribution in [0.5, 0.6) is 0 Å². The molecule has 3 heterocycles. The molecule has 0 aliphatic heterocycles. The van der Waals surface area contributed by atoms with Gasteiger partial charge < -0.3 is 17.3 Å². The van der Waals surface area contributed by atoms with Gasteiger partial charge in [0, 0.05) is 22.4 Å². The minimum absolute atomic E-state index is 1.08. The fourth-order valence-electron chi connectivity index (χ4n) is 6.23. The van der Waals surface area contributed by atoms with Crippen LogP contribution in [-0.4, -0.2) is 7.25 Å². The maximum absolute atomic E-state index is 9.75. The highest BCUT2D eigenvalue weighted by Crippen LogP contribution is 2.42. The van der Waals surface area contributed by atoms with Crippen molar-refractivity contribution >= 4 is 56.1 Å². The molecule has 0 spiro atoms. The van der Waals surface area contributed by atoms with Gasteiger partial charge in [0.15, 0.2) is 0 Å². The largest absolute Gasteiger partial charge is 0.673 e. The second kappa shape index (κ2) is 7.91. The summed E-state index contributed by atoms with van der Waals surface area (Å²) in [6, 6.07) is 36.0. The van der Waals surface area contributed by atoms with E-state index < -0.39 is 7.25 Å². The average molecular weight is 493 g/mol. The van der Waals surface area contributed by atoms with E-state index in [-0.39, 0.29) is 0 Å². The molecule has 0 N–H and O–H groups in total. The highest BCUT2D eigenvalue weighted by molar-refractivity contribution is 6.50. The van der Waals surface area contributed by atoms with Gasteiger partial charge in [-0.2, -0.15) is 4.40 Å². The lowest BCUT2D eigenvalue weighted by Gasteiger charge is -2.21. The minimum Gasteiger partial charge on any atom is -0.418 e. The molecule has 0 unspecified atom stereocenters. The molecule has 0 amide bonds. The van der Waals surface area contributed by atoms with Crippen molar-refractivity contribution in [3.8, 4) is 11.1 Å². The van der Waals surface area contributed by atoms with Crippen LogP contribution in [0.25, 0.3) is 60.0 Å². The van der Waals surface area contributed by atoms with E-state index in [0.717, 1.165) is 12.8 Å². The van der Waals surface area contributed by atoms with Gasteiger partial charge in [0.1, 0.15) is 0 Å². The third kappa shape index (κ3) is 3.35. The number of hydrogen-bond donors (Lipinski definition) is 0. The van der Waals surface area contributed by atoms with Crippen molar-refractivity contribution in [1.82, 2.24) is 0 Å². The molecule has 0 saturated carbocycles. The van der Waals surface area contributed by atoms with Crippen LogP contribution in [0.3, 0.4) is 0 Å². The third-order valence-electron chi connectivity index (χ3n) is 7.52. The Morgan fingerprint density at radius 3 is 1.92 bits per heavy atom. The van der Waals surface area contributed by atoms with Crippen molar-refractivity contribution in [3.05, 3.63) is 108 Å². The lowest BCUT2D eigenvalue weighted by Crippen LogP contribution is -2.29. The molecule has 0 saturated heterocycles. The number of pyridine rings is 3. The number of rotatable bonds is 1. The lowest BCUT2D eigenvalue weighted by atomic mass is 9.84. The first-order valence-corrected chi connectivity index (χ1v) is 12.3. The number of para-hydroxylation sites is 1. The van der Waals surface area contributed by atoms with Crippen molar-refractivity contribution in [1.29, 1.82) is 0 Å². The van der Waals surface area contributed by atoms with E-state index in [4.69, 9.17) is 0 Å². The fourth-order valence-corrected chi connectivity index (χ4v) is 6.23. The molecule has 180 valence electrons. The van der Waals surface area contributed by atoms with Crippen LogP contribution in [0.2, 0.25) is 0 Å². The quantitative estimate of drug-likeness (QED) is 0.0710. The number of aromatic nitrogens is 1. The molecule has 37 heavy (non-hydrogen) atoms. The van der Waals surface area contributed by atoms with Crippen LogP contribution in [-0.2, 0) is 12.8 Å². The summed E-state index contributed by atoms with van der Waals surface area (Å²) in [6.07, 6.45) is 2.18. The SMILES string of the molecule is F[B-](F)(F)F.c1ccc(-c2cc3c4ccccc4c4cccc5c6cccc7c6c(c2CC7)[n+]3c45)cc1. The molecule has 0 atom stereocenters. The van der Waals surface area contributed by atoms with Gasteiger partial charge in [-0.05, 0) is 47.7 Å². The van der Waals surface area contributed by atoms with Crippen LogP contribution in [0, 0.1) is 0 Å². The molecule has 4 aromatic carbocycles. The Hall–Kier alpha value is -4.19. The molecule has 1 nitrogen and oxygen atoms in total. The molecule has 3 aromatic heterocycles. The number of benzene rings is 4. The monoisotopic (exact) mass is 493 g/mol. The Kier molecular flexibility index (Phi) is 4.71. The van der Waals surface area contributed by atoms with Crippen LogP contribution < -0.4 is 4.40 Å². The van der Waals surface area contributed by atoms with Crippen molar-refractivity contribution in [3.63, 3.8) is 0 Å². The minimum atomic E-state index is -6.00. The van der Waals surface area contributed by atoms with Crippen LogP contribution in [0.1, 0.15) is 11.1 Å². The first-order chi connectivity index (χ1) is 17.9. The van der Waals surface area contributed by atoms with Crippen LogP contribution in [0.15, 0.2) is 97.1 Å². The molecule has 6 heteroatoms. The summed E-state index contributed by atoms with van der Waals surface area (Å²) in [5.41, 5.74) is 9.72. The molecule has 7 aromatic rings. The van der Waals surface area contributed by atoms with Gasteiger partial charge in [0.05, 0.1) is 21.5 Å². The molecule has 0 fully saturated rings. The zero-order valence-corrected chi connectivity index (χ0v) is 19.7. The van der Waals surface area contributed by atoms with E-state index in [2.05, 4.69) is 101 Å². The van der Waals surface area contributed by atoms with E-state index in [1.165, 1.54) is 71.1 Å². The number of hydrogen-bond acceptors (Lipinski definition) is 0. The molecule has 0 bridgehead atoms. The van der Waals surface area contributed by atoms with Crippen molar-refractivity contribution in [2.75, 3.05) is 0 Å². The number of halogens is 4. The summed E-state index contributed by atoms with van der Waals surface area (Å²) in [5.74, 6) is 0. The first kappa shape index (κ1) is 22.0. The average Bonchev–Trinajstić information content (AvgIpc) is 2.91. The summed E-state index contributed by atoms with van der Waals surface area (Å²) in [5, 5.41) is 8.18. The van der Waals surface area contributed by atoms with Crippen LogP contribution >= 0.6 is 0 Å². The van der Waals surface area contributed by atoms with E-state index in [0.29, 0.717) is 0 Å². The van der Waals surface area contributed by atoms with E-state index in [1.54, 1.807) is 0 Å². The topological polar surface area (TPSA) is 4.10 Å². The molecular formula is C31H20BF4N. The summed E-state index contributed by atoms with van der Waals surface area (Å²) >= 11 is 0. The van der Waals surface area contributed by atoms with Crippen molar-refractivity contribution in [2.24, 2.45) is 0 Å². The Bertz CT molecular complexity index is 1970. The maximum Gasteiger partial charge on any atom is 0.673 e. The molecule has 0 radical (unpaired) electrons. The molecular weight excluding hydrogens is 473 g/mol. The van der Waals surface area contributed by atoms with Gasteiger partial charge in [-0.3, -0.25) is 0 Å². The molecule has 1 aliphatic carbocycles. The Balaban J connectivity index is 0.000000426. The molecule has 8 rings (SSSR count). The standard InChI is InChI=1S/C31H20N.BF4/c1-2-8-19(9-3-1)27-18-28-22-12-5-4-11-21(22)24-14-7-15-25-23-13-6-10-20-16-17-26(27)31(29(20)23)32(28)30(24)25;2-1(3,4)5/h1-15,18H,16-17H2;/q+1;-1. The third-order valence-corrected chi connectivity index (χ3v) is 7.52. The summed E-state index contributed by atoms with van der Waals surface area (Å²) in [6.45, 7) is 0. The summed E-state index contributed by atoms with van der Waals surface area (Å²) < 4.78 is 41.6. The zero-order chi connectivity index (χ0) is 25.3. The highest BCUT2D eigenvalue weighted by Gasteiger charge is 2.31. The summed E-state index contributed by atoms with van der Waals surface area (Å²) in [7, 11) is -6.00. The fraction of sp³-hybridized carbons (Fsp3) is 0.0645. The summed E-state index contributed by atoms with van der Waals surface area (Å²) in [4.78, 5) is 0. The second-order valence-electron chi connectivity index (χ2n) is 9.55. The normalized spacial score (nSPS) is 13.2. The van der Waals surface area contributed by atoms with Crippen molar-refractivity contribution in [2.45, 2.75) is 12.8 Å². The first-order valence-electron chi connectivity index (χ1n) is 12.3. The van der Waals surface area contributed by atoms with Crippen molar-refractivity contribution < 1.29 is 21.7 Å². The second-order valence-corrected chi connectivity index (χ2v) is 9.55. The van der Waals surface area contributed by atoms with Gasteiger partial charge >= 0.3 is 7.25 Å². The maximum atomic E-state index is 9.75. The highest BCUT2D eigenvalue weighted by atomic mass is 19.5. The number of aryl methyl sites for hydroxylation is 2. The van der Waals surface area contributed by atoms with Gasteiger partial charge in [-0.1, -0.05) is 72.8 Å². The predicted octanol–water partition coefficient (Wildman–Crippen LogP) is 8.54. The smallest absolute Gasteiger partial charge is 0.418 e. The molecule has 1 aliphatic rings. The lowest BCUT2D eigenvalue weighted by molar-refractivity contribution is -0.449. The van der Waals surface area contributed by atoms with E-state index >= 15 is 0 Å². The van der Waals surface area contributed by atoms with Gasteiger partial charge in [-0.25, -0.2) is 0 Å². The van der Waals surface area contributed by atoms with Gasteiger partial charge in [0.2, 0.25) is 16.6 Å². The van der Waals surface area contributed by atoms with Gasteiger partial charge in [-0.15, -0.1) is 0 Å². The Labute approximate surface area is 210 Å². The Morgan fingerprint density at radius 1 is 0.568 bits per heavy atom. The van der Waals surface area contributed by atoms with E-state index in [9.17, 15) is 17.3 Å². The zero-order valence-electron chi connectivity index (χ0n) is 19.7. The Morgan fingerprint density at radius 2 is 1.16 bits per heavy atom. The van der Waals surface area contributed by atoms with E-state index in [1.807, 2.05) is 0 Å².